The van der Waals surface area contributed by atoms with Crippen molar-refractivity contribution in [3.8, 4) is 5.75 Å². The molecule has 0 aromatic heterocycles. The average molecular weight is 252 g/mol. The number of hydrogen-bond acceptors (Lipinski definition) is 4. The summed E-state index contributed by atoms with van der Waals surface area (Å²) < 4.78 is 5.15. The third kappa shape index (κ3) is 4.35. The number of ether oxygens (including phenoxy) is 1. The van der Waals surface area contributed by atoms with E-state index in [-0.39, 0.29) is 24.9 Å². The summed E-state index contributed by atoms with van der Waals surface area (Å²) in [5.41, 5.74) is 6.17. The summed E-state index contributed by atoms with van der Waals surface area (Å²) in [4.78, 5) is 11.4. The molecular formula is C13H20N2O3. The van der Waals surface area contributed by atoms with Gasteiger partial charge in [-0.05, 0) is 13.0 Å². The molecule has 1 aromatic carbocycles. The van der Waals surface area contributed by atoms with E-state index in [4.69, 9.17) is 10.5 Å². The lowest BCUT2D eigenvalue weighted by Gasteiger charge is -2.15. The zero-order chi connectivity index (χ0) is 13.5. The SMILES string of the molecule is COc1ccccc1C(O)CNC(=O)CC(C)N. The Morgan fingerprint density at radius 3 is 2.78 bits per heavy atom. The van der Waals surface area contributed by atoms with Crippen LogP contribution in [0.2, 0.25) is 0 Å². The van der Waals surface area contributed by atoms with Crippen LogP contribution < -0.4 is 15.8 Å². The number of nitrogens with two attached hydrogens (primary N) is 1. The van der Waals surface area contributed by atoms with Gasteiger partial charge in [0.15, 0.2) is 0 Å². The minimum atomic E-state index is -0.793. The van der Waals surface area contributed by atoms with Crippen molar-refractivity contribution in [3.63, 3.8) is 0 Å². The molecule has 5 heteroatoms. The molecule has 4 N–H and O–H groups in total. The van der Waals surface area contributed by atoms with Crippen LogP contribution in [0.25, 0.3) is 0 Å². The van der Waals surface area contributed by atoms with Gasteiger partial charge in [-0.3, -0.25) is 4.79 Å². The highest BCUT2D eigenvalue weighted by Crippen LogP contribution is 2.23. The van der Waals surface area contributed by atoms with E-state index >= 15 is 0 Å². The standard InChI is InChI=1S/C13H20N2O3/c1-9(14)7-13(17)15-8-11(16)10-5-3-4-6-12(10)18-2/h3-6,9,11,16H,7-8,14H2,1-2H3,(H,15,17). The Morgan fingerprint density at radius 1 is 1.50 bits per heavy atom. The number of aliphatic hydroxyl groups is 1. The van der Waals surface area contributed by atoms with Gasteiger partial charge in [0.1, 0.15) is 5.75 Å². The fraction of sp³-hybridized carbons (Fsp3) is 0.462. The van der Waals surface area contributed by atoms with Gasteiger partial charge in [0.2, 0.25) is 5.91 Å². The predicted octanol–water partition coefficient (Wildman–Crippen LogP) is 0.582. The van der Waals surface area contributed by atoms with E-state index in [2.05, 4.69) is 5.32 Å². The largest absolute Gasteiger partial charge is 0.496 e. The maximum atomic E-state index is 11.4. The van der Waals surface area contributed by atoms with E-state index in [1.807, 2.05) is 12.1 Å². The summed E-state index contributed by atoms with van der Waals surface area (Å²) in [6, 6.07) is 6.98. The van der Waals surface area contributed by atoms with Crippen molar-refractivity contribution in [1.82, 2.24) is 5.32 Å². The van der Waals surface area contributed by atoms with Gasteiger partial charge in [-0.15, -0.1) is 0 Å². The van der Waals surface area contributed by atoms with Crippen molar-refractivity contribution < 1.29 is 14.6 Å². The Balaban J connectivity index is 2.55. The Labute approximate surface area is 107 Å². The summed E-state index contributed by atoms with van der Waals surface area (Å²) in [5.74, 6) is 0.436. The maximum absolute atomic E-state index is 11.4. The Kier molecular flexibility index (Phi) is 5.61. The van der Waals surface area contributed by atoms with Crippen molar-refractivity contribution >= 4 is 5.91 Å². The van der Waals surface area contributed by atoms with Crippen molar-refractivity contribution in [1.29, 1.82) is 0 Å². The first kappa shape index (κ1) is 14.5. The normalized spacial score (nSPS) is 13.8. The molecule has 1 rings (SSSR count). The minimum Gasteiger partial charge on any atom is -0.496 e. The lowest BCUT2D eigenvalue weighted by Crippen LogP contribution is -2.32. The minimum absolute atomic E-state index is 0.145. The number of carbonyl (C=O) groups is 1. The molecule has 1 aromatic rings. The molecule has 5 nitrogen and oxygen atoms in total. The molecular weight excluding hydrogens is 232 g/mol. The molecule has 0 saturated carbocycles. The van der Waals surface area contributed by atoms with Gasteiger partial charge in [0.25, 0.3) is 0 Å². The number of benzene rings is 1. The molecule has 18 heavy (non-hydrogen) atoms. The molecule has 0 radical (unpaired) electrons. The van der Waals surface area contributed by atoms with Crippen molar-refractivity contribution in [2.75, 3.05) is 13.7 Å². The predicted molar refractivity (Wildman–Crippen MR) is 69.2 cm³/mol. The van der Waals surface area contributed by atoms with Gasteiger partial charge >= 0.3 is 0 Å². The molecule has 2 unspecified atom stereocenters. The summed E-state index contributed by atoms with van der Waals surface area (Å²) in [5, 5.41) is 12.6. The topological polar surface area (TPSA) is 84.6 Å². The first-order valence-electron chi connectivity index (χ1n) is 5.88. The number of hydrogen-bond donors (Lipinski definition) is 3. The molecule has 0 aliphatic rings. The molecule has 0 aliphatic heterocycles. The fourth-order valence-corrected chi connectivity index (χ4v) is 1.63. The second-order valence-electron chi connectivity index (χ2n) is 4.24. The molecule has 0 heterocycles. The Bertz CT molecular complexity index is 394. The van der Waals surface area contributed by atoms with Crippen molar-refractivity contribution in [2.24, 2.45) is 5.73 Å². The van der Waals surface area contributed by atoms with Crippen LogP contribution in [0.4, 0.5) is 0 Å². The number of aliphatic hydroxyl groups excluding tert-OH is 1. The average Bonchev–Trinajstić information content (AvgIpc) is 2.35. The molecule has 0 bridgehead atoms. The number of para-hydroxylation sites is 1. The molecule has 2 atom stereocenters. The molecule has 0 spiro atoms. The molecule has 100 valence electrons. The van der Waals surface area contributed by atoms with E-state index in [1.54, 1.807) is 26.2 Å². The summed E-state index contributed by atoms with van der Waals surface area (Å²) in [6.07, 6.45) is -0.545. The van der Waals surface area contributed by atoms with Gasteiger partial charge in [0.05, 0.1) is 13.2 Å². The fourth-order valence-electron chi connectivity index (χ4n) is 1.63. The summed E-state index contributed by atoms with van der Waals surface area (Å²) in [6.45, 7) is 1.90. The third-order valence-corrected chi connectivity index (χ3v) is 2.50. The highest BCUT2D eigenvalue weighted by atomic mass is 16.5. The quantitative estimate of drug-likeness (QED) is 0.691. The van der Waals surface area contributed by atoms with Crippen molar-refractivity contribution in [2.45, 2.75) is 25.5 Å². The molecule has 0 saturated heterocycles. The van der Waals surface area contributed by atoms with Crippen LogP contribution >= 0.6 is 0 Å². The third-order valence-electron chi connectivity index (χ3n) is 2.50. The van der Waals surface area contributed by atoms with Gasteiger partial charge in [0, 0.05) is 24.6 Å². The monoisotopic (exact) mass is 252 g/mol. The van der Waals surface area contributed by atoms with Crippen LogP contribution in [0.1, 0.15) is 25.0 Å². The van der Waals surface area contributed by atoms with E-state index < -0.39 is 6.10 Å². The highest BCUT2D eigenvalue weighted by Gasteiger charge is 2.14. The Hall–Kier alpha value is -1.59. The van der Waals surface area contributed by atoms with E-state index in [9.17, 15) is 9.90 Å². The van der Waals surface area contributed by atoms with Crippen LogP contribution in [0, 0.1) is 0 Å². The number of amides is 1. The van der Waals surface area contributed by atoms with Gasteiger partial charge < -0.3 is 20.9 Å². The van der Waals surface area contributed by atoms with Gasteiger partial charge in [-0.1, -0.05) is 18.2 Å². The zero-order valence-corrected chi connectivity index (χ0v) is 10.7. The van der Waals surface area contributed by atoms with E-state index in [1.165, 1.54) is 0 Å². The second-order valence-corrected chi connectivity index (χ2v) is 4.24. The maximum Gasteiger partial charge on any atom is 0.221 e. The van der Waals surface area contributed by atoms with Crippen LogP contribution in [0.15, 0.2) is 24.3 Å². The van der Waals surface area contributed by atoms with Crippen LogP contribution in [-0.4, -0.2) is 30.7 Å². The second kappa shape index (κ2) is 6.98. The number of carbonyl (C=O) groups excluding carboxylic acids is 1. The lowest BCUT2D eigenvalue weighted by molar-refractivity contribution is -0.121. The number of rotatable bonds is 6. The Morgan fingerprint density at radius 2 is 2.17 bits per heavy atom. The van der Waals surface area contributed by atoms with Gasteiger partial charge in [-0.2, -0.15) is 0 Å². The van der Waals surface area contributed by atoms with Crippen LogP contribution in [0.5, 0.6) is 5.75 Å². The lowest BCUT2D eigenvalue weighted by atomic mass is 10.1. The highest BCUT2D eigenvalue weighted by molar-refractivity contribution is 5.76. The molecule has 1 amide bonds. The van der Waals surface area contributed by atoms with Crippen LogP contribution in [-0.2, 0) is 4.79 Å². The van der Waals surface area contributed by atoms with E-state index in [0.29, 0.717) is 11.3 Å². The van der Waals surface area contributed by atoms with Crippen LogP contribution in [0.3, 0.4) is 0 Å². The number of methoxy groups -OCH3 is 1. The smallest absolute Gasteiger partial charge is 0.221 e. The van der Waals surface area contributed by atoms with Gasteiger partial charge in [-0.25, -0.2) is 0 Å². The van der Waals surface area contributed by atoms with Crippen molar-refractivity contribution in [3.05, 3.63) is 29.8 Å². The first-order valence-corrected chi connectivity index (χ1v) is 5.88. The molecule has 0 fully saturated rings. The van der Waals surface area contributed by atoms with E-state index in [0.717, 1.165) is 0 Å². The molecule has 0 aliphatic carbocycles. The summed E-state index contributed by atoms with van der Waals surface area (Å²) in [7, 11) is 1.54. The first-order chi connectivity index (χ1) is 8.54. The zero-order valence-electron chi connectivity index (χ0n) is 10.7. The number of nitrogens with one attached hydrogen (secondary N) is 1. The summed E-state index contributed by atoms with van der Waals surface area (Å²) >= 11 is 0.